The largest absolute Gasteiger partial charge is 0.396 e. The summed E-state index contributed by atoms with van der Waals surface area (Å²) in [5.41, 5.74) is 5.92. The summed E-state index contributed by atoms with van der Waals surface area (Å²) >= 11 is 0. The highest BCUT2D eigenvalue weighted by atomic mass is 15.3. The number of nitrogens with zero attached hydrogens (tertiary/aromatic N) is 2. The van der Waals surface area contributed by atoms with Gasteiger partial charge in [0.25, 0.3) is 0 Å². The molecular weight excluding hydrogens is 166 g/mol. The van der Waals surface area contributed by atoms with Crippen LogP contribution in [0.1, 0.15) is 13.8 Å². The molecule has 0 spiro atoms. The van der Waals surface area contributed by atoms with Gasteiger partial charge in [0.05, 0.1) is 11.9 Å². The van der Waals surface area contributed by atoms with Crippen molar-refractivity contribution in [3.05, 3.63) is 17.8 Å². The third-order valence-corrected chi connectivity index (χ3v) is 1.70. The summed E-state index contributed by atoms with van der Waals surface area (Å²) in [6, 6.07) is 1.55. The highest BCUT2D eigenvalue weighted by Gasteiger charge is 2.07. The van der Waals surface area contributed by atoms with Crippen molar-refractivity contribution in [1.29, 1.82) is 10.8 Å². The summed E-state index contributed by atoms with van der Waals surface area (Å²) in [5.74, 6) is 0.306. The molecule has 0 aliphatic heterocycles. The van der Waals surface area contributed by atoms with E-state index in [4.69, 9.17) is 16.6 Å². The molecule has 0 radical (unpaired) electrons. The van der Waals surface area contributed by atoms with Gasteiger partial charge in [-0.15, -0.1) is 0 Å². The van der Waals surface area contributed by atoms with Crippen LogP contribution in [0.25, 0.3) is 0 Å². The minimum absolute atomic E-state index is 0.0309. The van der Waals surface area contributed by atoms with E-state index in [-0.39, 0.29) is 17.2 Å². The van der Waals surface area contributed by atoms with Gasteiger partial charge >= 0.3 is 0 Å². The van der Waals surface area contributed by atoms with Crippen molar-refractivity contribution in [2.45, 2.75) is 13.8 Å². The van der Waals surface area contributed by atoms with Crippen LogP contribution in [0.4, 0.5) is 5.69 Å². The number of aromatic nitrogens is 2. The van der Waals surface area contributed by atoms with Gasteiger partial charge in [-0.2, -0.15) is 9.78 Å². The van der Waals surface area contributed by atoms with Gasteiger partial charge in [0, 0.05) is 5.92 Å². The van der Waals surface area contributed by atoms with Crippen molar-refractivity contribution < 1.29 is 0 Å². The average molecular weight is 179 g/mol. The molecule has 1 aromatic rings. The number of hydrogen-bond donors (Lipinski definition) is 3. The Morgan fingerprint density at radius 2 is 2.23 bits per heavy atom. The van der Waals surface area contributed by atoms with Crippen LogP contribution in [0.2, 0.25) is 0 Å². The standard InChI is InChI=1S/C8H13N5/c1-5(2)7(10)13-8(11)6(9)3-4-12-13/h3-5,10-11H,9H2,1-2H3. The molecule has 0 amide bonds. The van der Waals surface area contributed by atoms with Crippen molar-refractivity contribution in [1.82, 2.24) is 9.78 Å². The summed E-state index contributed by atoms with van der Waals surface area (Å²) in [6.07, 6.45) is 1.49. The SMILES string of the molecule is CC(C)C(=N)n1nccc(N)c1=N. The van der Waals surface area contributed by atoms with E-state index in [9.17, 15) is 0 Å². The van der Waals surface area contributed by atoms with Gasteiger partial charge < -0.3 is 5.73 Å². The summed E-state index contributed by atoms with van der Waals surface area (Å²) < 4.78 is 1.24. The van der Waals surface area contributed by atoms with Crippen LogP contribution >= 0.6 is 0 Å². The fourth-order valence-electron chi connectivity index (χ4n) is 0.866. The lowest BCUT2D eigenvalue weighted by atomic mass is 10.2. The lowest BCUT2D eigenvalue weighted by Crippen LogP contribution is -2.33. The average Bonchev–Trinajstić information content (AvgIpc) is 2.08. The Hall–Kier alpha value is -1.65. The van der Waals surface area contributed by atoms with E-state index in [1.165, 1.54) is 10.9 Å². The molecule has 0 atom stereocenters. The first-order chi connectivity index (χ1) is 6.04. The first kappa shape index (κ1) is 9.44. The normalized spacial score (nSPS) is 10.4. The first-order valence-electron chi connectivity index (χ1n) is 4.01. The van der Waals surface area contributed by atoms with E-state index in [1.54, 1.807) is 6.07 Å². The van der Waals surface area contributed by atoms with Crippen molar-refractivity contribution >= 4 is 11.5 Å². The Morgan fingerprint density at radius 3 is 2.77 bits per heavy atom. The fourth-order valence-corrected chi connectivity index (χ4v) is 0.866. The van der Waals surface area contributed by atoms with Crippen LogP contribution in [0.5, 0.6) is 0 Å². The Kier molecular flexibility index (Phi) is 2.46. The molecule has 0 fully saturated rings. The van der Waals surface area contributed by atoms with E-state index in [0.29, 0.717) is 5.69 Å². The topological polar surface area (TPSA) is 91.5 Å². The van der Waals surface area contributed by atoms with Crippen LogP contribution in [0, 0.1) is 16.7 Å². The highest BCUT2D eigenvalue weighted by molar-refractivity contribution is 5.82. The van der Waals surface area contributed by atoms with Crippen molar-refractivity contribution in [2.75, 3.05) is 5.73 Å². The van der Waals surface area contributed by atoms with Gasteiger partial charge in [0.2, 0.25) is 0 Å². The molecule has 5 heteroatoms. The second-order valence-corrected chi connectivity index (χ2v) is 3.09. The van der Waals surface area contributed by atoms with E-state index < -0.39 is 0 Å². The molecule has 0 bridgehead atoms. The van der Waals surface area contributed by atoms with Gasteiger partial charge in [0.15, 0.2) is 5.49 Å². The van der Waals surface area contributed by atoms with Gasteiger partial charge in [-0.25, -0.2) is 0 Å². The first-order valence-corrected chi connectivity index (χ1v) is 4.01. The third kappa shape index (κ3) is 1.74. The van der Waals surface area contributed by atoms with Crippen molar-refractivity contribution in [3.63, 3.8) is 0 Å². The molecule has 1 rings (SSSR count). The molecule has 70 valence electrons. The van der Waals surface area contributed by atoms with Gasteiger partial charge in [-0.1, -0.05) is 13.8 Å². The maximum absolute atomic E-state index is 7.65. The number of hydrogen-bond acceptors (Lipinski definition) is 4. The van der Waals surface area contributed by atoms with Crippen LogP contribution < -0.4 is 11.2 Å². The third-order valence-electron chi connectivity index (χ3n) is 1.70. The highest BCUT2D eigenvalue weighted by Crippen LogP contribution is 1.96. The summed E-state index contributed by atoms with van der Waals surface area (Å²) in [5, 5.41) is 19.1. The minimum Gasteiger partial charge on any atom is -0.396 e. The molecule has 0 aliphatic carbocycles. The minimum atomic E-state index is 0.0309. The number of anilines is 1. The monoisotopic (exact) mass is 179 g/mol. The molecule has 0 saturated carbocycles. The molecular formula is C8H13N5. The molecule has 0 unspecified atom stereocenters. The van der Waals surface area contributed by atoms with Crippen LogP contribution in [-0.2, 0) is 0 Å². The summed E-state index contributed by atoms with van der Waals surface area (Å²) in [4.78, 5) is 0. The lowest BCUT2D eigenvalue weighted by Gasteiger charge is -2.10. The molecule has 0 saturated heterocycles. The maximum Gasteiger partial charge on any atom is 0.171 e. The molecule has 0 aromatic carbocycles. The van der Waals surface area contributed by atoms with Crippen LogP contribution in [0.3, 0.4) is 0 Å². The van der Waals surface area contributed by atoms with Crippen molar-refractivity contribution in [2.24, 2.45) is 5.92 Å². The zero-order valence-electron chi connectivity index (χ0n) is 7.70. The summed E-state index contributed by atoms with van der Waals surface area (Å²) in [6.45, 7) is 3.75. The Bertz CT molecular complexity index is 376. The van der Waals surface area contributed by atoms with E-state index in [0.717, 1.165) is 0 Å². The smallest absolute Gasteiger partial charge is 0.171 e. The molecule has 1 aromatic heterocycles. The van der Waals surface area contributed by atoms with E-state index in [1.807, 2.05) is 13.8 Å². The summed E-state index contributed by atoms with van der Waals surface area (Å²) in [7, 11) is 0. The number of nitrogen functional groups attached to an aromatic ring is 1. The predicted molar refractivity (Wildman–Crippen MR) is 50.5 cm³/mol. The Morgan fingerprint density at radius 1 is 1.62 bits per heavy atom. The molecule has 1 heterocycles. The van der Waals surface area contributed by atoms with Gasteiger partial charge in [-0.05, 0) is 6.07 Å². The molecule has 0 aliphatic rings. The van der Waals surface area contributed by atoms with Crippen LogP contribution in [-0.4, -0.2) is 15.6 Å². The second-order valence-electron chi connectivity index (χ2n) is 3.09. The molecule has 5 nitrogen and oxygen atoms in total. The zero-order valence-corrected chi connectivity index (χ0v) is 7.70. The van der Waals surface area contributed by atoms with E-state index in [2.05, 4.69) is 5.10 Å². The fraction of sp³-hybridized carbons (Fsp3) is 0.375. The molecule has 4 N–H and O–H groups in total. The number of nitrogens with one attached hydrogen (secondary N) is 2. The number of nitrogens with two attached hydrogens (primary N) is 1. The quantitative estimate of drug-likeness (QED) is 0.431. The van der Waals surface area contributed by atoms with Crippen LogP contribution in [0.15, 0.2) is 12.3 Å². The predicted octanol–water partition coefficient (Wildman–Crippen LogP) is 0.426. The molecule has 13 heavy (non-hydrogen) atoms. The lowest BCUT2D eigenvalue weighted by molar-refractivity contribution is 0.732. The Balaban J connectivity index is 3.24. The van der Waals surface area contributed by atoms with Gasteiger partial charge in [0.1, 0.15) is 5.84 Å². The zero-order chi connectivity index (χ0) is 10.0. The number of rotatable bonds is 1. The van der Waals surface area contributed by atoms with Gasteiger partial charge in [-0.3, -0.25) is 10.8 Å². The van der Waals surface area contributed by atoms with Crippen molar-refractivity contribution in [3.8, 4) is 0 Å². The van der Waals surface area contributed by atoms with E-state index >= 15 is 0 Å². The maximum atomic E-state index is 7.65. The second kappa shape index (κ2) is 3.38. The Labute approximate surface area is 76.2 Å².